The van der Waals surface area contributed by atoms with Crippen molar-refractivity contribution in [1.82, 2.24) is 0 Å². The van der Waals surface area contributed by atoms with Gasteiger partial charge in [-0.05, 0) is 17.7 Å². The summed E-state index contributed by atoms with van der Waals surface area (Å²) in [6, 6.07) is 11.7. The second-order valence-corrected chi connectivity index (χ2v) is 4.15. The fourth-order valence-corrected chi connectivity index (χ4v) is 1.74. The van der Waals surface area contributed by atoms with Gasteiger partial charge in [-0.2, -0.15) is 0 Å². The van der Waals surface area contributed by atoms with Crippen LogP contribution in [0.25, 0.3) is 6.08 Å². The molecule has 102 valence electrons. The molecule has 0 bridgehead atoms. The first kappa shape index (κ1) is 13.7. The minimum absolute atomic E-state index is 0.0758. The number of ether oxygens (including phenoxy) is 1. The van der Waals surface area contributed by atoms with Crippen molar-refractivity contribution >= 4 is 11.9 Å². The lowest BCUT2D eigenvalue weighted by atomic mass is 10.1. The van der Waals surface area contributed by atoms with E-state index in [9.17, 15) is 15.0 Å². The zero-order valence-corrected chi connectivity index (χ0v) is 10.9. The van der Waals surface area contributed by atoms with Gasteiger partial charge in [0.25, 0.3) is 0 Å². The summed E-state index contributed by atoms with van der Waals surface area (Å²) in [5, 5.41) is 19.2. The van der Waals surface area contributed by atoms with Gasteiger partial charge in [-0.15, -0.1) is 0 Å². The van der Waals surface area contributed by atoms with Crippen LogP contribution in [0.15, 0.2) is 48.5 Å². The molecule has 0 saturated carbocycles. The topological polar surface area (TPSA) is 66.8 Å². The van der Waals surface area contributed by atoms with Crippen molar-refractivity contribution in [2.24, 2.45) is 0 Å². The molecule has 4 heteroatoms. The molecule has 0 unspecified atom stereocenters. The van der Waals surface area contributed by atoms with Gasteiger partial charge in [0.1, 0.15) is 5.75 Å². The van der Waals surface area contributed by atoms with Gasteiger partial charge in [0.15, 0.2) is 17.3 Å². The van der Waals surface area contributed by atoms with E-state index in [-0.39, 0.29) is 28.6 Å². The van der Waals surface area contributed by atoms with E-state index in [1.54, 1.807) is 6.08 Å². The van der Waals surface area contributed by atoms with Crippen LogP contribution in [0.4, 0.5) is 0 Å². The van der Waals surface area contributed by atoms with E-state index in [4.69, 9.17) is 4.74 Å². The number of methoxy groups -OCH3 is 1. The quantitative estimate of drug-likeness (QED) is 0.662. The van der Waals surface area contributed by atoms with E-state index in [0.29, 0.717) is 0 Å². The van der Waals surface area contributed by atoms with Gasteiger partial charge in [0, 0.05) is 6.07 Å². The van der Waals surface area contributed by atoms with Gasteiger partial charge < -0.3 is 14.9 Å². The molecule has 0 aliphatic carbocycles. The molecular formula is C16H14O4. The number of aromatic hydroxyl groups is 2. The third-order valence-electron chi connectivity index (χ3n) is 2.79. The number of carbonyl (C=O) groups excluding carboxylic acids is 1. The van der Waals surface area contributed by atoms with Crippen molar-refractivity contribution < 1.29 is 19.7 Å². The Kier molecular flexibility index (Phi) is 4.05. The van der Waals surface area contributed by atoms with Gasteiger partial charge >= 0.3 is 0 Å². The van der Waals surface area contributed by atoms with E-state index in [1.165, 1.54) is 19.3 Å². The van der Waals surface area contributed by atoms with Crippen LogP contribution in [0.2, 0.25) is 0 Å². The van der Waals surface area contributed by atoms with Crippen LogP contribution in [-0.2, 0) is 0 Å². The number of ketones is 1. The van der Waals surface area contributed by atoms with E-state index >= 15 is 0 Å². The summed E-state index contributed by atoms with van der Waals surface area (Å²) in [6.07, 6.45) is 3.02. The summed E-state index contributed by atoms with van der Waals surface area (Å²) in [6.45, 7) is 0. The van der Waals surface area contributed by atoms with Crippen molar-refractivity contribution in [3.05, 3.63) is 59.7 Å². The van der Waals surface area contributed by atoms with E-state index in [2.05, 4.69) is 0 Å². The Balaban J connectivity index is 2.28. The largest absolute Gasteiger partial charge is 0.507 e. The summed E-state index contributed by atoms with van der Waals surface area (Å²) in [5.41, 5.74) is 0.956. The summed E-state index contributed by atoms with van der Waals surface area (Å²) in [4.78, 5) is 12.0. The number of benzene rings is 2. The predicted octanol–water partition coefficient (Wildman–Crippen LogP) is 3.00. The van der Waals surface area contributed by atoms with Crippen LogP contribution in [0.5, 0.6) is 17.2 Å². The normalized spacial score (nSPS) is 10.7. The molecule has 0 amide bonds. The summed E-state index contributed by atoms with van der Waals surface area (Å²) in [7, 11) is 1.38. The minimum atomic E-state index is -0.371. The average molecular weight is 270 g/mol. The van der Waals surface area contributed by atoms with Crippen LogP contribution < -0.4 is 4.74 Å². The number of rotatable bonds is 4. The van der Waals surface area contributed by atoms with Crippen LogP contribution >= 0.6 is 0 Å². The Morgan fingerprint density at radius 1 is 1.10 bits per heavy atom. The molecule has 2 N–H and O–H groups in total. The third kappa shape index (κ3) is 2.98. The second kappa shape index (κ2) is 5.93. The number of hydrogen-bond donors (Lipinski definition) is 2. The first-order valence-corrected chi connectivity index (χ1v) is 5.99. The number of allylic oxidation sites excluding steroid dienone is 1. The molecule has 0 atom stereocenters. The van der Waals surface area contributed by atoms with Crippen molar-refractivity contribution in [2.45, 2.75) is 0 Å². The predicted molar refractivity (Wildman–Crippen MR) is 76.1 cm³/mol. The Bertz CT molecular complexity index is 645. The molecule has 0 spiro atoms. The van der Waals surface area contributed by atoms with Crippen LogP contribution in [0, 0.1) is 0 Å². The molecule has 0 radical (unpaired) electrons. The highest BCUT2D eigenvalue weighted by Crippen LogP contribution is 2.33. The Morgan fingerprint density at radius 3 is 2.45 bits per heavy atom. The Labute approximate surface area is 116 Å². The van der Waals surface area contributed by atoms with Crippen LogP contribution in [0.3, 0.4) is 0 Å². The zero-order chi connectivity index (χ0) is 14.5. The number of carbonyl (C=O) groups is 1. The molecule has 0 saturated heterocycles. The van der Waals surface area contributed by atoms with E-state index < -0.39 is 0 Å². The minimum Gasteiger partial charge on any atom is -0.507 e. The molecule has 20 heavy (non-hydrogen) atoms. The lowest BCUT2D eigenvalue weighted by Crippen LogP contribution is -1.96. The smallest absolute Gasteiger partial charge is 0.189 e. The van der Waals surface area contributed by atoms with Crippen molar-refractivity contribution in [2.75, 3.05) is 7.11 Å². The molecule has 0 heterocycles. The maximum atomic E-state index is 12.0. The molecule has 0 aromatic heterocycles. The van der Waals surface area contributed by atoms with Gasteiger partial charge in [0.05, 0.1) is 12.7 Å². The maximum absolute atomic E-state index is 12.0. The lowest BCUT2D eigenvalue weighted by molar-refractivity contribution is 0.104. The highest BCUT2D eigenvalue weighted by atomic mass is 16.5. The van der Waals surface area contributed by atoms with Crippen LogP contribution in [-0.4, -0.2) is 23.1 Å². The van der Waals surface area contributed by atoms with Gasteiger partial charge in [-0.25, -0.2) is 0 Å². The van der Waals surface area contributed by atoms with Crippen molar-refractivity contribution in [1.29, 1.82) is 0 Å². The van der Waals surface area contributed by atoms with E-state index in [0.717, 1.165) is 11.6 Å². The highest BCUT2D eigenvalue weighted by Gasteiger charge is 2.13. The fraction of sp³-hybridized carbons (Fsp3) is 0.0625. The third-order valence-corrected chi connectivity index (χ3v) is 2.79. The number of phenolic OH excluding ortho intramolecular Hbond substituents is 2. The monoisotopic (exact) mass is 270 g/mol. The first-order valence-electron chi connectivity index (χ1n) is 5.99. The summed E-state index contributed by atoms with van der Waals surface area (Å²) >= 11 is 0. The Morgan fingerprint density at radius 2 is 1.80 bits per heavy atom. The molecule has 2 aromatic carbocycles. The molecule has 4 nitrogen and oxygen atoms in total. The van der Waals surface area contributed by atoms with Gasteiger partial charge in [-0.3, -0.25) is 4.79 Å². The average Bonchev–Trinajstić information content (AvgIpc) is 2.46. The van der Waals surface area contributed by atoms with E-state index in [1.807, 2.05) is 30.3 Å². The molecule has 0 aliphatic heterocycles. The summed E-state index contributed by atoms with van der Waals surface area (Å²) in [5.74, 6) is -0.733. The summed E-state index contributed by atoms with van der Waals surface area (Å²) < 4.78 is 4.92. The lowest BCUT2D eigenvalue weighted by Gasteiger charge is -2.06. The molecule has 0 aliphatic rings. The molecule has 2 aromatic rings. The van der Waals surface area contributed by atoms with Gasteiger partial charge in [-0.1, -0.05) is 36.4 Å². The Hall–Kier alpha value is -2.75. The standard InChI is InChI=1S/C16H14O4/c1-20-16-9-12(14(18)10-15(16)19)13(17)8-7-11-5-3-2-4-6-11/h2-10,18-19H,1H3. The number of hydrogen-bond acceptors (Lipinski definition) is 4. The molecule has 0 fully saturated rings. The molecule has 2 rings (SSSR count). The van der Waals surface area contributed by atoms with Gasteiger partial charge in [0.2, 0.25) is 0 Å². The van der Waals surface area contributed by atoms with Crippen molar-refractivity contribution in [3.63, 3.8) is 0 Å². The highest BCUT2D eigenvalue weighted by molar-refractivity contribution is 6.09. The SMILES string of the molecule is COc1cc(C(=O)C=Cc2ccccc2)c(O)cc1O. The van der Waals surface area contributed by atoms with Crippen LogP contribution in [0.1, 0.15) is 15.9 Å². The zero-order valence-electron chi connectivity index (χ0n) is 10.9. The molecular weight excluding hydrogens is 256 g/mol. The van der Waals surface area contributed by atoms with Crippen molar-refractivity contribution in [3.8, 4) is 17.2 Å². The number of phenols is 2. The second-order valence-electron chi connectivity index (χ2n) is 4.15. The fourth-order valence-electron chi connectivity index (χ4n) is 1.74. The maximum Gasteiger partial charge on any atom is 0.189 e. The first-order chi connectivity index (χ1) is 9.61.